The van der Waals surface area contributed by atoms with Crippen LogP contribution in [0.15, 0.2) is 17.5 Å². The van der Waals surface area contributed by atoms with Crippen molar-refractivity contribution in [3.05, 3.63) is 22.4 Å². The van der Waals surface area contributed by atoms with Crippen LogP contribution in [0, 0.1) is 11.3 Å². The van der Waals surface area contributed by atoms with Gasteiger partial charge in [-0.3, -0.25) is 9.69 Å². The number of rotatable bonds is 4. The minimum absolute atomic E-state index is 0.0383. The lowest BCUT2D eigenvalue weighted by Crippen LogP contribution is -2.45. The van der Waals surface area contributed by atoms with Gasteiger partial charge >= 0.3 is 0 Å². The number of hydrogen-bond donors (Lipinski definition) is 1. The molecule has 1 N–H and O–H groups in total. The number of carbonyl (C=O) groups is 1. The van der Waals surface area contributed by atoms with Crippen molar-refractivity contribution in [3.8, 4) is 0 Å². The molecule has 0 saturated carbocycles. The standard InChI is InChI=1S/C15H22N2O2S/c1-19-10-13-14(18)16-11-15(13)4-6-17(7-5-15)9-12-3-2-8-20-12/h2-3,8,13H,4-7,9-11H2,1H3,(H,16,18)/t13-/m0/s1. The number of methoxy groups -OCH3 is 1. The molecule has 20 heavy (non-hydrogen) atoms. The first kappa shape index (κ1) is 14.0. The van der Waals surface area contributed by atoms with Crippen LogP contribution in [-0.4, -0.2) is 44.2 Å². The van der Waals surface area contributed by atoms with Crippen molar-refractivity contribution in [3.63, 3.8) is 0 Å². The van der Waals surface area contributed by atoms with Crippen molar-refractivity contribution in [2.45, 2.75) is 19.4 Å². The van der Waals surface area contributed by atoms with Gasteiger partial charge in [0, 0.05) is 30.5 Å². The van der Waals surface area contributed by atoms with Crippen molar-refractivity contribution in [1.29, 1.82) is 0 Å². The Morgan fingerprint density at radius 2 is 2.30 bits per heavy atom. The molecule has 1 spiro atoms. The molecule has 4 nitrogen and oxygen atoms in total. The molecule has 0 aliphatic carbocycles. The van der Waals surface area contributed by atoms with E-state index in [4.69, 9.17) is 4.74 Å². The predicted octanol–water partition coefficient (Wildman–Crippen LogP) is 1.72. The van der Waals surface area contributed by atoms with Crippen LogP contribution in [0.1, 0.15) is 17.7 Å². The Bertz CT molecular complexity index is 452. The Labute approximate surface area is 124 Å². The SMILES string of the molecule is COC[C@H]1C(=O)NCC12CCN(Cc1cccs1)CC2. The van der Waals surface area contributed by atoms with Crippen LogP contribution in [0.2, 0.25) is 0 Å². The smallest absolute Gasteiger partial charge is 0.226 e. The van der Waals surface area contributed by atoms with E-state index in [1.807, 2.05) is 11.3 Å². The number of hydrogen-bond acceptors (Lipinski definition) is 4. The molecule has 110 valence electrons. The molecule has 5 heteroatoms. The van der Waals surface area contributed by atoms with Crippen molar-refractivity contribution in [2.24, 2.45) is 11.3 Å². The molecule has 2 fully saturated rings. The summed E-state index contributed by atoms with van der Waals surface area (Å²) in [6.07, 6.45) is 2.18. The van der Waals surface area contributed by atoms with Crippen LogP contribution in [0.4, 0.5) is 0 Å². The van der Waals surface area contributed by atoms with Crippen molar-refractivity contribution >= 4 is 17.2 Å². The van der Waals surface area contributed by atoms with Crippen molar-refractivity contribution in [2.75, 3.05) is 33.4 Å². The molecule has 1 aromatic rings. The summed E-state index contributed by atoms with van der Waals surface area (Å²) in [5, 5.41) is 5.17. The highest BCUT2D eigenvalue weighted by molar-refractivity contribution is 7.09. The Kier molecular flexibility index (Phi) is 4.10. The van der Waals surface area contributed by atoms with Gasteiger partial charge in [0.15, 0.2) is 0 Å². The van der Waals surface area contributed by atoms with Crippen molar-refractivity contribution < 1.29 is 9.53 Å². The van der Waals surface area contributed by atoms with Gasteiger partial charge in [-0.15, -0.1) is 11.3 Å². The number of carbonyl (C=O) groups excluding carboxylic acids is 1. The number of piperidine rings is 1. The number of ether oxygens (including phenoxy) is 1. The highest BCUT2D eigenvalue weighted by Gasteiger charge is 2.49. The third-order valence-electron chi connectivity index (χ3n) is 4.82. The molecule has 3 rings (SSSR count). The molecule has 0 aromatic carbocycles. The first-order chi connectivity index (χ1) is 9.73. The number of likely N-dealkylation sites (tertiary alicyclic amines) is 1. The summed E-state index contributed by atoms with van der Waals surface area (Å²) in [5.41, 5.74) is 0.124. The molecular formula is C15H22N2O2S. The van der Waals surface area contributed by atoms with Crippen LogP contribution in [0.5, 0.6) is 0 Å². The quantitative estimate of drug-likeness (QED) is 0.919. The van der Waals surface area contributed by atoms with Crippen LogP contribution in [0.3, 0.4) is 0 Å². The summed E-state index contributed by atoms with van der Waals surface area (Å²) < 4.78 is 5.26. The Balaban J connectivity index is 1.61. The Hall–Kier alpha value is -0.910. The van der Waals surface area contributed by atoms with E-state index >= 15 is 0 Å². The summed E-state index contributed by atoms with van der Waals surface area (Å²) in [6.45, 7) is 4.58. The molecule has 0 unspecified atom stereocenters. The van der Waals surface area contributed by atoms with Crippen LogP contribution in [-0.2, 0) is 16.1 Å². The van der Waals surface area contributed by atoms with E-state index in [0.717, 1.165) is 39.0 Å². The maximum Gasteiger partial charge on any atom is 0.226 e. The van der Waals surface area contributed by atoms with E-state index in [2.05, 4.69) is 27.7 Å². The third-order valence-corrected chi connectivity index (χ3v) is 5.68. The maximum absolute atomic E-state index is 12.0. The zero-order chi connectivity index (χ0) is 14.0. The average Bonchev–Trinajstić information content (AvgIpc) is 3.06. The topological polar surface area (TPSA) is 41.6 Å². The zero-order valence-electron chi connectivity index (χ0n) is 11.9. The van der Waals surface area contributed by atoms with E-state index in [1.54, 1.807) is 7.11 Å². The van der Waals surface area contributed by atoms with Gasteiger partial charge in [0.25, 0.3) is 0 Å². The Morgan fingerprint density at radius 3 is 2.95 bits per heavy atom. The van der Waals surface area contributed by atoms with Gasteiger partial charge in [-0.05, 0) is 37.4 Å². The number of nitrogens with zero attached hydrogens (tertiary/aromatic N) is 1. The average molecular weight is 294 g/mol. The summed E-state index contributed by atoms with van der Waals surface area (Å²) in [6, 6.07) is 4.31. The molecule has 1 amide bonds. The molecule has 2 saturated heterocycles. The fraction of sp³-hybridized carbons (Fsp3) is 0.667. The van der Waals surface area contributed by atoms with E-state index in [1.165, 1.54) is 4.88 Å². The maximum atomic E-state index is 12.0. The summed E-state index contributed by atoms with van der Waals surface area (Å²) in [7, 11) is 1.69. The van der Waals surface area contributed by atoms with E-state index in [9.17, 15) is 4.79 Å². The molecule has 2 aliphatic heterocycles. The summed E-state index contributed by atoms with van der Waals surface area (Å²) in [5.74, 6) is 0.218. The minimum Gasteiger partial charge on any atom is -0.384 e. The highest BCUT2D eigenvalue weighted by atomic mass is 32.1. The molecule has 3 heterocycles. The number of amides is 1. The monoisotopic (exact) mass is 294 g/mol. The normalized spacial score (nSPS) is 26.1. The van der Waals surface area contributed by atoms with Gasteiger partial charge in [-0.1, -0.05) is 6.07 Å². The van der Waals surface area contributed by atoms with Gasteiger partial charge in [-0.2, -0.15) is 0 Å². The van der Waals surface area contributed by atoms with E-state index < -0.39 is 0 Å². The molecule has 0 bridgehead atoms. The van der Waals surface area contributed by atoms with E-state index in [-0.39, 0.29) is 17.2 Å². The van der Waals surface area contributed by atoms with Crippen LogP contribution >= 0.6 is 11.3 Å². The highest BCUT2D eigenvalue weighted by Crippen LogP contribution is 2.42. The largest absolute Gasteiger partial charge is 0.384 e. The lowest BCUT2D eigenvalue weighted by Gasteiger charge is -2.41. The lowest BCUT2D eigenvalue weighted by molar-refractivity contribution is -0.126. The Morgan fingerprint density at radius 1 is 1.50 bits per heavy atom. The number of thiophene rings is 1. The lowest BCUT2D eigenvalue weighted by atomic mass is 9.71. The second-order valence-corrected chi connectivity index (χ2v) is 6.98. The molecule has 1 aromatic heterocycles. The zero-order valence-corrected chi connectivity index (χ0v) is 12.7. The van der Waals surface area contributed by atoms with Gasteiger partial charge < -0.3 is 10.1 Å². The van der Waals surface area contributed by atoms with E-state index in [0.29, 0.717) is 6.61 Å². The van der Waals surface area contributed by atoms with Crippen LogP contribution < -0.4 is 5.32 Å². The van der Waals surface area contributed by atoms with Gasteiger partial charge in [0.05, 0.1) is 12.5 Å². The van der Waals surface area contributed by atoms with Gasteiger partial charge in [0.2, 0.25) is 5.91 Å². The fourth-order valence-corrected chi connectivity index (χ4v) is 4.26. The summed E-state index contributed by atoms with van der Waals surface area (Å²) in [4.78, 5) is 15.9. The molecule has 2 aliphatic rings. The van der Waals surface area contributed by atoms with Gasteiger partial charge in [0.1, 0.15) is 0 Å². The second kappa shape index (κ2) is 5.84. The first-order valence-corrected chi connectivity index (χ1v) is 8.13. The van der Waals surface area contributed by atoms with Crippen LogP contribution in [0.25, 0.3) is 0 Å². The number of nitrogens with one attached hydrogen (secondary N) is 1. The van der Waals surface area contributed by atoms with Crippen molar-refractivity contribution in [1.82, 2.24) is 10.2 Å². The fourth-order valence-electron chi connectivity index (χ4n) is 3.51. The third kappa shape index (κ3) is 2.62. The minimum atomic E-state index is 0.0383. The molecule has 0 radical (unpaired) electrons. The first-order valence-electron chi connectivity index (χ1n) is 7.25. The summed E-state index contributed by atoms with van der Waals surface area (Å²) >= 11 is 1.82. The molecule has 1 atom stereocenters. The molecular weight excluding hydrogens is 272 g/mol. The second-order valence-electron chi connectivity index (χ2n) is 5.94. The predicted molar refractivity (Wildman–Crippen MR) is 79.6 cm³/mol. The van der Waals surface area contributed by atoms with Gasteiger partial charge in [-0.25, -0.2) is 0 Å².